The Morgan fingerprint density at radius 1 is 1.12 bits per heavy atom. The molecule has 0 spiro atoms. The van der Waals surface area contributed by atoms with Crippen molar-refractivity contribution in [3.63, 3.8) is 0 Å². The molecule has 0 fully saturated rings. The van der Waals surface area contributed by atoms with Gasteiger partial charge in [-0.05, 0) is 31.5 Å². The van der Waals surface area contributed by atoms with Crippen molar-refractivity contribution in [3.8, 4) is 11.1 Å². The van der Waals surface area contributed by atoms with Crippen molar-refractivity contribution in [2.45, 2.75) is 46.1 Å². The van der Waals surface area contributed by atoms with Gasteiger partial charge >= 0.3 is 0 Å². The van der Waals surface area contributed by atoms with Crippen LogP contribution in [-0.2, 0) is 5.41 Å². The van der Waals surface area contributed by atoms with Crippen molar-refractivity contribution in [2.75, 3.05) is 5.32 Å². The Bertz CT molecular complexity index is 857. The van der Waals surface area contributed by atoms with E-state index in [9.17, 15) is 0 Å². The third-order valence-corrected chi connectivity index (χ3v) is 4.08. The Balaban J connectivity index is 2.24. The van der Waals surface area contributed by atoms with Crippen LogP contribution in [-0.4, -0.2) is 20.6 Å². The number of aromatic nitrogens is 3. The van der Waals surface area contributed by atoms with Gasteiger partial charge in [-0.2, -0.15) is 9.61 Å². The lowest BCUT2D eigenvalue weighted by Crippen LogP contribution is -2.19. The molecule has 1 N–H and O–H groups in total. The molecule has 0 atom stereocenters. The number of benzene rings is 1. The second-order valence-corrected chi connectivity index (χ2v) is 7.81. The molecule has 2 aromatic heterocycles. The van der Waals surface area contributed by atoms with Crippen molar-refractivity contribution < 1.29 is 0 Å². The third kappa shape index (κ3) is 3.24. The Hall–Kier alpha value is -2.07. The van der Waals surface area contributed by atoms with Crippen LogP contribution in [0.2, 0.25) is 5.02 Å². The van der Waals surface area contributed by atoms with Crippen LogP contribution in [0.25, 0.3) is 16.8 Å². The van der Waals surface area contributed by atoms with Crippen molar-refractivity contribution in [1.82, 2.24) is 14.6 Å². The smallest absolute Gasteiger partial charge is 0.165 e. The van der Waals surface area contributed by atoms with Crippen LogP contribution in [0.15, 0.2) is 36.5 Å². The van der Waals surface area contributed by atoms with Gasteiger partial charge in [-0.3, -0.25) is 0 Å². The minimum absolute atomic E-state index is 0.0449. The van der Waals surface area contributed by atoms with Crippen molar-refractivity contribution in [2.24, 2.45) is 0 Å². The van der Waals surface area contributed by atoms with Crippen LogP contribution in [0, 0.1) is 0 Å². The van der Waals surface area contributed by atoms with Crippen LogP contribution in [0.3, 0.4) is 0 Å². The van der Waals surface area contributed by atoms with Gasteiger partial charge in [0.25, 0.3) is 0 Å². The van der Waals surface area contributed by atoms with E-state index in [4.69, 9.17) is 16.6 Å². The van der Waals surface area contributed by atoms with Gasteiger partial charge in [-0.15, -0.1) is 0 Å². The first-order valence-electron chi connectivity index (χ1n) is 8.17. The summed E-state index contributed by atoms with van der Waals surface area (Å²) in [7, 11) is 0. The molecule has 0 saturated heterocycles. The number of fused-ring (bicyclic) bond motifs is 1. The number of anilines is 1. The molecule has 24 heavy (non-hydrogen) atoms. The van der Waals surface area contributed by atoms with E-state index >= 15 is 0 Å². The maximum Gasteiger partial charge on any atom is 0.165 e. The van der Waals surface area contributed by atoms with E-state index < -0.39 is 0 Å². The van der Waals surface area contributed by atoms with Gasteiger partial charge in [0.1, 0.15) is 5.82 Å². The highest BCUT2D eigenvalue weighted by Gasteiger charge is 2.20. The molecule has 0 radical (unpaired) electrons. The summed E-state index contributed by atoms with van der Waals surface area (Å²) >= 11 is 6.01. The topological polar surface area (TPSA) is 42.2 Å². The normalized spacial score (nSPS) is 12.1. The lowest BCUT2D eigenvalue weighted by atomic mass is 9.92. The lowest BCUT2D eigenvalue weighted by Gasteiger charge is -2.20. The van der Waals surface area contributed by atoms with Gasteiger partial charge < -0.3 is 5.32 Å². The highest BCUT2D eigenvalue weighted by molar-refractivity contribution is 6.30. The van der Waals surface area contributed by atoms with Crippen LogP contribution >= 0.6 is 11.6 Å². The standard InChI is InChI=1S/C19H23ClN4/c1-12(2)22-17-10-16(19(3,4)5)23-18-15(11-21-24(17)18)13-6-8-14(20)9-7-13/h6-12,22H,1-5H3. The predicted octanol–water partition coefficient (Wildman–Crippen LogP) is 5.17. The first-order valence-corrected chi connectivity index (χ1v) is 8.55. The summed E-state index contributed by atoms with van der Waals surface area (Å²) in [5, 5.41) is 8.75. The molecule has 0 unspecified atom stereocenters. The molecular formula is C19H23ClN4. The zero-order valence-corrected chi connectivity index (χ0v) is 15.5. The summed E-state index contributed by atoms with van der Waals surface area (Å²) in [5.74, 6) is 0.958. The fourth-order valence-electron chi connectivity index (χ4n) is 2.58. The van der Waals surface area contributed by atoms with E-state index in [-0.39, 0.29) is 5.41 Å². The van der Waals surface area contributed by atoms with Gasteiger partial charge in [-0.1, -0.05) is 44.5 Å². The highest BCUT2D eigenvalue weighted by Crippen LogP contribution is 2.30. The summed E-state index contributed by atoms with van der Waals surface area (Å²) in [6.45, 7) is 10.7. The van der Waals surface area contributed by atoms with Gasteiger partial charge in [0.05, 0.1) is 11.9 Å². The molecule has 126 valence electrons. The molecule has 0 bridgehead atoms. The Morgan fingerprint density at radius 2 is 1.79 bits per heavy atom. The molecule has 3 rings (SSSR count). The molecule has 3 aromatic rings. The first-order chi connectivity index (χ1) is 11.3. The fourth-order valence-corrected chi connectivity index (χ4v) is 2.70. The van der Waals surface area contributed by atoms with E-state index in [1.165, 1.54) is 0 Å². The molecule has 0 aliphatic rings. The monoisotopic (exact) mass is 342 g/mol. The molecule has 0 amide bonds. The second kappa shape index (κ2) is 6.10. The van der Waals surface area contributed by atoms with E-state index in [0.717, 1.165) is 33.3 Å². The van der Waals surface area contributed by atoms with Gasteiger partial charge in [0.2, 0.25) is 0 Å². The van der Waals surface area contributed by atoms with E-state index in [2.05, 4.69) is 51.1 Å². The SMILES string of the molecule is CC(C)Nc1cc(C(C)(C)C)nc2c(-c3ccc(Cl)cc3)cnn12. The van der Waals surface area contributed by atoms with Gasteiger partial charge in [-0.25, -0.2) is 4.98 Å². The maximum absolute atomic E-state index is 6.01. The van der Waals surface area contributed by atoms with Crippen molar-refractivity contribution >= 4 is 23.1 Å². The van der Waals surface area contributed by atoms with Crippen LogP contribution in [0.4, 0.5) is 5.82 Å². The quantitative estimate of drug-likeness (QED) is 0.714. The average molecular weight is 343 g/mol. The Kier molecular flexibility index (Phi) is 4.26. The average Bonchev–Trinajstić information content (AvgIpc) is 2.91. The summed E-state index contributed by atoms with van der Waals surface area (Å²) in [5.41, 5.74) is 3.91. The van der Waals surface area contributed by atoms with Crippen LogP contribution in [0.1, 0.15) is 40.3 Å². The summed E-state index contributed by atoms with van der Waals surface area (Å²) in [6, 6.07) is 10.2. The largest absolute Gasteiger partial charge is 0.368 e. The van der Waals surface area contributed by atoms with E-state index in [0.29, 0.717) is 6.04 Å². The number of nitrogens with one attached hydrogen (secondary N) is 1. The molecule has 0 saturated carbocycles. The second-order valence-electron chi connectivity index (χ2n) is 7.38. The minimum atomic E-state index is -0.0449. The first kappa shape index (κ1) is 16.8. The summed E-state index contributed by atoms with van der Waals surface area (Å²) < 4.78 is 1.87. The summed E-state index contributed by atoms with van der Waals surface area (Å²) in [4.78, 5) is 4.90. The molecule has 0 aliphatic carbocycles. The zero-order chi connectivity index (χ0) is 17.5. The van der Waals surface area contributed by atoms with Crippen molar-refractivity contribution in [3.05, 3.63) is 47.2 Å². The number of nitrogens with zero attached hydrogens (tertiary/aromatic N) is 3. The molecule has 0 aliphatic heterocycles. The maximum atomic E-state index is 6.01. The molecule has 4 nitrogen and oxygen atoms in total. The lowest BCUT2D eigenvalue weighted by molar-refractivity contribution is 0.568. The van der Waals surface area contributed by atoms with Crippen molar-refractivity contribution in [1.29, 1.82) is 0 Å². The predicted molar refractivity (Wildman–Crippen MR) is 101 cm³/mol. The minimum Gasteiger partial charge on any atom is -0.368 e. The molecule has 1 aromatic carbocycles. The zero-order valence-electron chi connectivity index (χ0n) is 14.8. The molecule has 5 heteroatoms. The van der Waals surface area contributed by atoms with Gasteiger partial charge in [0.15, 0.2) is 5.65 Å². The number of rotatable bonds is 3. The Morgan fingerprint density at radius 3 is 2.38 bits per heavy atom. The van der Waals surface area contributed by atoms with E-state index in [1.807, 2.05) is 35.0 Å². The van der Waals surface area contributed by atoms with Crippen LogP contribution < -0.4 is 5.32 Å². The number of hydrogen-bond acceptors (Lipinski definition) is 3. The highest BCUT2D eigenvalue weighted by atomic mass is 35.5. The van der Waals surface area contributed by atoms with Crippen LogP contribution in [0.5, 0.6) is 0 Å². The van der Waals surface area contributed by atoms with E-state index in [1.54, 1.807) is 0 Å². The fraction of sp³-hybridized carbons (Fsp3) is 0.368. The number of hydrogen-bond donors (Lipinski definition) is 1. The third-order valence-electron chi connectivity index (χ3n) is 3.83. The number of halogens is 1. The molecular weight excluding hydrogens is 320 g/mol. The molecule has 2 heterocycles. The Labute approximate surface area is 147 Å². The van der Waals surface area contributed by atoms with Gasteiger partial charge in [0, 0.05) is 28.1 Å². The summed E-state index contributed by atoms with van der Waals surface area (Å²) in [6.07, 6.45) is 1.86.